The highest BCUT2D eigenvalue weighted by Gasteiger charge is 2.08. The van der Waals surface area contributed by atoms with Gasteiger partial charge in [-0.1, -0.05) is 12.1 Å². The van der Waals surface area contributed by atoms with Crippen LogP contribution in [0.5, 0.6) is 5.75 Å². The number of methoxy groups -OCH3 is 1. The van der Waals surface area contributed by atoms with Crippen LogP contribution in [0.3, 0.4) is 0 Å². The molecular formula is C25H25N3O5. The molecule has 0 saturated heterocycles. The quantitative estimate of drug-likeness (QED) is 0.354. The Bertz CT molecular complexity index is 1150. The summed E-state index contributed by atoms with van der Waals surface area (Å²) in [5, 5.41) is 5.67. The van der Waals surface area contributed by atoms with E-state index in [1.165, 1.54) is 0 Å². The first-order valence-electron chi connectivity index (χ1n) is 10.5. The number of nitrogens with zero attached hydrogens (tertiary/aromatic N) is 1. The van der Waals surface area contributed by atoms with Gasteiger partial charge in [0.2, 0.25) is 5.89 Å². The molecule has 8 nitrogen and oxygen atoms in total. The van der Waals surface area contributed by atoms with Gasteiger partial charge in [-0.15, -0.1) is 0 Å². The molecule has 4 rings (SSSR count). The van der Waals surface area contributed by atoms with Gasteiger partial charge >= 0.3 is 6.03 Å². The average molecular weight is 447 g/mol. The highest BCUT2D eigenvalue weighted by molar-refractivity contribution is 5.89. The fourth-order valence-electron chi connectivity index (χ4n) is 3.17. The Morgan fingerprint density at radius 2 is 1.91 bits per heavy atom. The van der Waals surface area contributed by atoms with Crippen molar-refractivity contribution >= 4 is 11.7 Å². The summed E-state index contributed by atoms with van der Waals surface area (Å²) in [7, 11) is 1.62. The minimum Gasteiger partial charge on any atom is -0.497 e. The largest absolute Gasteiger partial charge is 0.497 e. The lowest BCUT2D eigenvalue weighted by atomic mass is 10.2. The number of aromatic nitrogens is 1. The Labute approximate surface area is 191 Å². The van der Waals surface area contributed by atoms with Gasteiger partial charge in [-0.25, -0.2) is 9.78 Å². The first-order chi connectivity index (χ1) is 16.2. The zero-order valence-electron chi connectivity index (χ0n) is 18.2. The number of anilines is 1. The van der Waals surface area contributed by atoms with Crippen LogP contribution < -0.4 is 15.4 Å². The number of nitrogens with one attached hydrogen (secondary N) is 2. The third-order valence-electron chi connectivity index (χ3n) is 4.83. The molecular weight excluding hydrogens is 422 g/mol. The molecule has 4 aromatic rings. The number of urea groups is 1. The van der Waals surface area contributed by atoms with E-state index in [0.717, 1.165) is 28.3 Å². The molecule has 0 bridgehead atoms. The van der Waals surface area contributed by atoms with Crippen molar-refractivity contribution in [2.45, 2.75) is 19.6 Å². The molecule has 2 aromatic carbocycles. The van der Waals surface area contributed by atoms with E-state index < -0.39 is 0 Å². The molecule has 2 amide bonds. The van der Waals surface area contributed by atoms with E-state index in [4.69, 9.17) is 18.3 Å². The molecule has 2 N–H and O–H groups in total. The first-order valence-corrected chi connectivity index (χ1v) is 10.5. The first kappa shape index (κ1) is 22.2. The predicted octanol–water partition coefficient (Wildman–Crippen LogP) is 5.02. The van der Waals surface area contributed by atoms with E-state index in [1.807, 2.05) is 60.7 Å². The lowest BCUT2D eigenvalue weighted by molar-refractivity contribution is 0.0930. The number of benzene rings is 2. The fraction of sp³-hybridized carbons (Fsp3) is 0.200. The third-order valence-corrected chi connectivity index (χ3v) is 4.83. The number of rotatable bonds is 10. The molecule has 0 aliphatic heterocycles. The number of carbonyl (C=O) groups is 1. The van der Waals surface area contributed by atoms with Crippen LogP contribution in [0.1, 0.15) is 17.0 Å². The highest BCUT2D eigenvalue weighted by Crippen LogP contribution is 2.21. The summed E-state index contributed by atoms with van der Waals surface area (Å²) in [6.45, 7) is 1.24. The maximum atomic E-state index is 12.2. The van der Waals surface area contributed by atoms with Gasteiger partial charge in [0.25, 0.3) is 0 Å². The summed E-state index contributed by atoms with van der Waals surface area (Å²) >= 11 is 0. The van der Waals surface area contributed by atoms with Gasteiger partial charge in [-0.3, -0.25) is 0 Å². The van der Waals surface area contributed by atoms with Crippen molar-refractivity contribution < 1.29 is 23.1 Å². The Kier molecular flexibility index (Phi) is 7.40. The van der Waals surface area contributed by atoms with Crippen molar-refractivity contribution in [1.82, 2.24) is 10.3 Å². The Hall–Kier alpha value is -4.04. The maximum Gasteiger partial charge on any atom is 0.319 e. The van der Waals surface area contributed by atoms with Crippen LogP contribution in [0.2, 0.25) is 0 Å². The van der Waals surface area contributed by atoms with E-state index in [0.29, 0.717) is 37.8 Å². The molecule has 2 heterocycles. The molecule has 0 unspecified atom stereocenters. The summed E-state index contributed by atoms with van der Waals surface area (Å²) in [5.74, 6) is 2.07. The van der Waals surface area contributed by atoms with E-state index in [2.05, 4.69) is 15.6 Å². The van der Waals surface area contributed by atoms with E-state index in [-0.39, 0.29) is 6.03 Å². The zero-order valence-corrected chi connectivity index (χ0v) is 18.2. The topological polar surface area (TPSA) is 98.8 Å². The lowest BCUT2D eigenvalue weighted by Gasteiger charge is -2.09. The molecule has 2 aromatic heterocycles. The molecule has 8 heteroatoms. The zero-order chi connectivity index (χ0) is 22.9. The second-order valence-corrected chi connectivity index (χ2v) is 7.28. The smallest absolute Gasteiger partial charge is 0.319 e. The number of oxazole rings is 1. The average Bonchev–Trinajstić information content (AvgIpc) is 3.52. The number of hydrogen-bond acceptors (Lipinski definition) is 6. The predicted molar refractivity (Wildman–Crippen MR) is 123 cm³/mol. The molecule has 0 aliphatic rings. The molecule has 0 radical (unpaired) electrons. The van der Waals surface area contributed by atoms with Gasteiger partial charge in [-0.05, 0) is 54.1 Å². The van der Waals surface area contributed by atoms with Gasteiger partial charge in [-0.2, -0.15) is 0 Å². The number of hydrogen-bond donors (Lipinski definition) is 2. The SMILES string of the molecule is COc1ccc(-c2nc(CCNC(=O)Nc3cccc(COCc4ccco4)c3)co2)cc1. The minimum atomic E-state index is -0.289. The van der Waals surface area contributed by atoms with Crippen molar-refractivity contribution in [2.75, 3.05) is 19.0 Å². The normalized spacial score (nSPS) is 10.7. The summed E-state index contributed by atoms with van der Waals surface area (Å²) in [6, 6.07) is 18.4. The van der Waals surface area contributed by atoms with Gasteiger partial charge in [0.05, 0.1) is 25.7 Å². The molecule has 0 spiro atoms. The number of furan rings is 1. The van der Waals surface area contributed by atoms with Crippen molar-refractivity contribution in [3.63, 3.8) is 0 Å². The van der Waals surface area contributed by atoms with Crippen LogP contribution in [-0.2, 0) is 24.4 Å². The Morgan fingerprint density at radius 3 is 2.70 bits per heavy atom. The summed E-state index contributed by atoms with van der Waals surface area (Å²) < 4.78 is 21.6. The molecule has 170 valence electrons. The standard InChI is InChI=1S/C25H25N3O5/c1-30-22-9-7-19(8-10-22)24-27-21(16-33-24)11-12-26-25(29)28-20-5-2-4-18(14-20)15-31-17-23-6-3-13-32-23/h2-10,13-14,16H,11-12,15,17H2,1H3,(H2,26,28,29). The molecule has 33 heavy (non-hydrogen) atoms. The third kappa shape index (κ3) is 6.47. The number of ether oxygens (including phenoxy) is 2. The monoisotopic (exact) mass is 447 g/mol. The van der Waals surface area contributed by atoms with Crippen LogP contribution in [-0.4, -0.2) is 24.7 Å². The van der Waals surface area contributed by atoms with Crippen molar-refractivity contribution in [3.05, 3.63) is 90.2 Å². The van der Waals surface area contributed by atoms with Gasteiger partial charge in [0.15, 0.2) is 0 Å². The molecule has 0 fully saturated rings. The van der Waals surface area contributed by atoms with Crippen LogP contribution in [0, 0.1) is 0 Å². The second-order valence-electron chi connectivity index (χ2n) is 7.28. The summed E-state index contributed by atoms with van der Waals surface area (Å²) in [6.07, 6.45) is 3.77. The van der Waals surface area contributed by atoms with Crippen molar-refractivity contribution in [2.24, 2.45) is 0 Å². The summed E-state index contributed by atoms with van der Waals surface area (Å²) in [5.41, 5.74) is 3.26. The van der Waals surface area contributed by atoms with Crippen molar-refractivity contribution in [3.8, 4) is 17.2 Å². The fourth-order valence-corrected chi connectivity index (χ4v) is 3.17. The number of amides is 2. The second kappa shape index (κ2) is 11.0. The Morgan fingerprint density at radius 1 is 1.03 bits per heavy atom. The highest BCUT2D eigenvalue weighted by atomic mass is 16.5. The van der Waals surface area contributed by atoms with Gasteiger partial charge < -0.3 is 28.9 Å². The van der Waals surface area contributed by atoms with Crippen LogP contribution >= 0.6 is 0 Å². The van der Waals surface area contributed by atoms with E-state index in [9.17, 15) is 4.79 Å². The van der Waals surface area contributed by atoms with Crippen LogP contribution in [0.4, 0.5) is 10.5 Å². The van der Waals surface area contributed by atoms with Gasteiger partial charge in [0, 0.05) is 24.2 Å². The minimum absolute atomic E-state index is 0.289. The summed E-state index contributed by atoms with van der Waals surface area (Å²) in [4.78, 5) is 16.7. The van der Waals surface area contributed by atoms with Crippen molar-refractivity contribution in [1.29, 1.82) is 0 Å². The molecule has 0 saturated carbocycles. The van der Waals surface area contributed by atoms with Gasteiger partial charge in [0.1, 0.15) is 24.4 Å². The molecule has 0 atom stereocenters. The maximum absolute atomic E-state index is 12.2. The van der Waals surface area contributed by atoms with Crippen LogP contribution in [0.15, 0.2) is 82.0 Å². The van der Waals surface area contributed by atoms with E-state index in [1.54, 1.807) is 19.6 Å². The number of carbonyl (C=O) groups excluding carboxylic acids is 1. The Balaban J connectivity index is 1.20. The lowest BCUT2D eigenvalue weighted by Crippen LogP contribution is -2.30. The molecule has 0 aliphatic carbocycles. The van der Waals surface area contributed by atoms with Crippen LogP contribution in [0.25, 0.3) is 11.5 Å². The van der Waals surface area contributed by atoms with E-state index >= 15 is 0 Å².